The van der Waals surface area contributed by atoms with Crippen LogP contribution < -0.4 is 4.74 Å². The largest absolute Gasteiger partial charge is 0.490 e. The lowest BCUT2D eigenvalue weighted by molar-refractivity contribution is 0.363. The zero-order valence-corrected chi connectivity index (χ0v) is 12.1. The quantitative estimate of drug-likeness (QED) is 0.625. The van der Waals surface area contributed by atoms with E-state index in [1.165, 1.54) is 21.9 Å². The first-order valence-corrected chi connectivity index (χ1v) is 7.17. The first kappa shape index (κ1) is 13.4. The van der Waals surface area contributed by atoms with Gasteiger partial charge in [-0.25, -0.2) is 0 Å². The maximum Gasteiger partial charge on any atom is 0.119 e. The molecule has 0 saturated heterocycles. The van der Waals surface area contributed by atoms with Crippen LogP contribution in [0.3, 0.4) is 0 Å². The molecule has 21 heavy (non-hydrogen) atoms. The number of para-hydroxylation sites is 1. The van der Waals surface area contributed by atoms with Gasteiger partial charge >= 0.3 is 0 Å². The van der Waals surface area contributed by atoms with Gasteiger partial charge < -0.3 is 4.74 Å². The van der Waals surface area contributed by atoms with Crippen molar-refractivity contribution >= 4 is 16.3 Å². The summed E-state index contributed by atoms with van der Waals surface area (Å²) in [6.07, 6.45) is 2.12. The number of hydrogen-bond acceptors (Lipinski definition) is 1. The minimum absolute atomic E-state index is 0.586. The van der Waals surface area contributed by atoms with Gasteiger partial charge in [0.1, 0.15) is 12.4 Å². The summed E-state index contributed by atoms with van der Waals surface area (Å²) < 4.78 is 5.71. The lowest BCUT2D eigenvalue weighted by Crippen LogP contribution is -1.94. The van der Waals surface area contributed by atoms with Gasteiger partial charge in [-0.15, -0.1) is 0 Å². The van der Waals surface area contributed by atoms with E-state index in [1.54, 1.807) is 0 Å². The van der Waals surface area contributed by atoms with Gasteiger partial charge in [-0.3, -0.25) is 0 Å². The van der Waals surface area contributed by atoms with Gasteiger partial charge in [-0.05, 0) is 53.1 Å². The van der Waals surface area contributed by atoms with E-state index in [9.17, 15) is 0 Å². The van der Waals surface area contributed by atoms with Gasteiger partial charge in [0.2, 0.25) is 0 Å². The van der Waals surface area contributed by atoms with Gasteiger partial charge in [-0.1, -0.05) is 54.6 Å². The van der Waals surface area contributed by atoms with E-state index < -0.39 is 0 Å². The highest BCUT2D eigenvalue weighted by molar-refractivity contribution is 5.86. The second-order valence-electron chi connectivity index (χ2n) is 5.07. The lowest BCUT2D eigenvalue weighted by atomic mass is 10.0. The summed E-state index contributed by atoms with van der Waals surface area (Å²) in [5.41, 5.74) is 2.47. The summed E-state index contributed by atoms with van der Waals surface area (Å²) >= 11 is 0. The SMILES string of the molecule is CC(=CCOc1ccccc1)c1ccc2ccccc2c1. The van der Waals surface area contributed by atoms with Crippen molar-refractivity contribution in [3.8, 4) is 5.75 Å². The molecule has 1 nitrogen and oxygen atoms in total. The summed E-state index contributed by atoms with van der Waals surface area (Å²) in [7, 11) is 0. The van der Waals surface area contributed by atoms with E-state index in [2.05, 4.69) is 55.5 Å². The third-order valence-electron chi connectivity index (χ3n) is 3.59. The molecule has 0 heterocycles. The number of allylic oxidation sites excluding steroid dienone is 1. The van der Waals surface area contributed by atoms with Crippen molar-refractivity contribution in [2.24, 2.45) is 0 Å². The average molecular weight is 274 g/mol. The van der Waals surface area contributed by atoms with E-state index in [0.717, 1.165) is 5.75 Å². The fourth-order valence-electron chi connectivity index (χ4n) is 2.33. The van der Waals surface area contributed by atoms with Gasteiger partial charge in [0.05, 0.1) is 0 Å². The highest BCUT2D eigenvalue weighted by Crippen LogP contribution is 2.21. The highest BCUT2D eigenvalue weighted by Gasteiger charge is 1.98. The minimum atomic E-state index is 0.586. The molecule has 0 unspecified atom stereocenters. The van der Waals surface area contributed by atoms with Gasteiger partial charge in [0.25, 0.3) is 0 Å². The summed E-state index contributed by atoms with van der Waals surface area (Å²) in [4.78, 5) is 0. The molecule has 0 aliphatic heterocycles. The number of rotatable bonds is 4. The molecule has 0 bridgehead atoms. The molecule has 104 valence electrons. The van der Waals surface area contributed by atoms with E-state index in [1.807, 2.05) is 30.3 Å². The molecule has 3 aromatic carbocycles. The van der Waals surface area contributed by atoms with Crippen LogP contribution in [0.1, 0.15) is 12.5 Å². The maximum absolute atomic E-state index is 5.71. The van der Waals surface area contributed by atoms with E-state index >= 15 is 0 Å². The first-order valence-electron chi connectivity index (χ1n) is 7.17. The van der Waals surface area contributed by atoms with Crippen LogP contribution in [0.15, 0.2) is 78.9 Å². The Bertz CT molecular complexity index is 757. The molecule has 0 saturated carbocycles. The van der Waals surface area contributed by atoms with Crippen molar-refractivity contribution in [3.05, 3.63) is 84.4 Å². The molecule has 0 aromatic heterocycles. The fourth-order valence-corrected chi connectivity index (χ4v) is 2.33. The second-order valence-corrected chi connectivity index (χ2v) is 5.07. The number of fused-ring (bicyclic) bond motifs is 1. The van der Waals surface area contributed by atoms with Crippen molar-refractivity contribution in [1.29, 1.82) is 0 Å². The summed E-state index contributed by atoms with van der Waals surface area (Å²) in [5.74, 6) is 0.903. The molecule has 0 atom stereocenters. The maximum atomic E-state index is 5.71. The van der Waals surface area contributed by atoms with Crippen molar-refractivity contribution in [1.82, 2.24) is 0 Å². The Labute approximate surface area is 125 Å². The van der Waals surface area contributed by atoms with Crippen LogP contribution in [0, 0.1) is 0 Å². The second kappa shape index (κ2) is 6.27. The predicted molar refractivity (Wildman–Crippen MR) is 89.5 cm³/mol. The van der Waals surface area contributed by atoms with Gasteiger partial charge in [0, 0.05) is 0 Å². The lowest BCUT2D eigenvalue weighted by Gasteiger charge is -2.06. The molecule has 0 amide bonds. The van der Waals surface area contributed by atoms with Crippen LogP contribution in [0.4, 0.5) is 0 Å². The Morgan fingerprint density at radius 1 is 0.857 bits per heavy atom. The van der Waals surface area contributed by atoms with E-state index in [4.69, 9.17) is 4.74 Å². The fraction of sp³-hybridized carbons (Fsp3) is 0.100. The molecule has 0 aliphatic rings. The standard InChI is InChI=1S/C20H18O/c1-16(13-14-21-20-9-3-2-4-10-20)18-12-11-17-7-5-6-8-19(17)15-18/h2-13,15H,14H2,1H3. The highest BCUT2D eigenvalue weighted by atomic mass is 16.5. The van der Waals surface area contributed by atoms with Gasteiger partial charge in [0.15, 0.2) is 0 Å². The topological polar surface area (TPSA) is 9.23 Å². The molecule has 3 aromatic rings. The van der Waals surface area contributed by atoms with Crippen LogP contribution in [0.25, 0.3) is 16.3 Å². The molecule has 0 spiro atoms. The number of ether oxygens (including phenoxy) is 1. The predicted octanol–water partition coefficient (Wildman–Crippen LogP) is 5.32. The average Bonchev–Trinajstić information content (AvgIpc) is 2.55. The van der Waals surface area contributed by atoms with Crippen molar-refractivity contribution in [3.63, 3.8) is 0 Å². The van der Waals surface area contributed by atoms with Crippen molar-refractivity contribution in [2.45, 2.75) is 6.92 Å². The molecular formula is C20H18O. The molecule has 3 rings (SSSR count). The number of hydrogen-bond donors (Lipinski definition) is 0. The van der Waals surface area contributed by atoms with Crippen LogP contribution in [0.5, 0.6) is 5.75 Å². The van der Waals surface area contributed by atoms with Crippen molar-refractivity contribution in [2.75, 3.05) is 6.61 Å². The summed E-state index contributed by atoms with van der Waals surface area (Å²) in [6.45, 7) is 2.71. The van der Waals surface area contributed by atoms with Crippen LogP contribution in [0.2, 0.25) is 0 Å². The van der Waals surface area contributed by atoms with Crippen LogP contribution in [-0.4, -0.2) is 6.61 Å². The Morgan fingerprint density at radius 2 is 1.57 bits per heavy atom. The molecular weight excluding hydrogens is 256 g/mol. The normalized spacial score (nSPS) is 11.6. The monoisotopic (exact) mass is 274 g/mol. The van der Waals surface area contributed by atoms with E-state index in [0.29, 0.717) is 6.61 Å². The van der Waals surface area contributed by atoms with E-state index in [-0.39, 0.29) is 0 Å². The number of benzene rings is 3. The van der Waals surface area contributed by atoms with Gasteiger partial charge in [-0.2, -0.15) is 0 Å². The Kier molecular flexibility index (Phi) is 4.02. The molecule has 0 N–H and O–H groups in total. The molecule has 1 heteroatoms. The minimum Gasteiger partial charge on any atom is -0.490 e. The Balaban J connectivity index is 1.73. The van der Waals surface area contributed by atoms with Crippen LogP contribution >= 0.6 is 0 Å². The molecule has 0 aliphatic carbocycles. The summed E-state index contributed by atoms with van der Waals surface area (Å²) in [6, 6.07) is 24.9. The van der Waals surface area contributed by atoms with Crippen LogP contribution in [-0.2, 0) is 0 Å². The molecule has 0 fully saturated rings. The Morgan fingerprint density at radius 3 is 2.38 bits per heavy atom. The smallest absolute Gasteiger partial charge is 0.119 e. The Hall–Kier alpha value is -2.54. The third-order valence-corrected chi connectivity index (χ3v) is 3.59. The zero-order chi connectivity index (χ0) is 14.5. The zero-order valence-electron chi connectivity index (χ0n) is 12.1. The molecule has 0 radical (unpaired) electrons. The first-order chi connectivity index (χ1) is 10.3. The third kappa shape index (κ3) is 3.32. The van der Waals surface area contributed by atoms with Crippen molar-refractivity contribution < 1.29 is 4.74 Å². The summed E-state index contributed by atoms with van der Waals surface area (Å²) in [5, 5.41) is 2.54.